The number of hydrogen-bond acceptors (Lipinski definition) is 6. The van der Waals surface area contributed by atoms with Crippen LogP contribution in [-0.4, -0.2) is 34.9 Å². The third kappa shape index (κ3) is 8.10. The number of hydrogen-bond donors (Lipinski definition) is 3. The predicted molar refractivity (Wildman–Crippen MR) is 73.6 cm³/mol. The summed E-state index contributed by atoms with van der Waals surface area (Å²) in [6, 6.07) is 0. The average molecular weight is 412 g/mol. The Bertz CT molecular complexity index is 407. The summed E-state index contributed by atoms with van der Waals surface area (Å²) < 4.78 is 12.2. The first kappa shape index (κ1) is 18.0. The van der Waals surface area contributed by atoms with Crippen LogP contribution in [0.4, 0.5) is 4.79 Å². The van der Waals surface area contributed by atoms with Crippen LogP contribution in [0.1, 0.15) is 34.1 Å². The summed E-state index contributed by atoms with van der Waals surface area (Å²) in [5, 5.41) is 2.68. The zero-order chi connectivity index (χ0) is 15.9. The van der Waals surface area contributed by atoms with Gasteiger partial charge in [0, 0.05) is 0 Å². The average Bonchev–Trinajstić information content (AvgIpc) is 2.36. The van der Waals surface area contributed by atoms with Crippen LogP contribution in [0, 0.1) is 0 Å². The molecule has 0 radical (unpaired) electrons. The second-order valence-corrected chi connectivity index (χ2v) is 8.21. The molecule has 0 aromatic rings. The van der Waals surface area contributed by atoms with E-state index in [1.54, 1.807) is 6.92 Å². The van der Waals surface area contributed by atoms with E-state index in [-0.39, 0.29) is 31.2 Å². The normalized spacial score (nSPS) is 18.7. The molecule has 7 nitrogen and oxygen atoms in total. The van der Waals surface area contributed by atoms with E-state index < -0.39 is 11.7 Å². The van der Waals surface area contributed by atoms with Crippen LogP contribution in [0.25, 0.3) is 0 Å². The van der Waals surface area contributed by atoms with Crippen LogP contribution in [-0.2, 0) is 14.3 Å². The van der Waals surface area contributed by atoms with Crippen LogP contribution >= 0.6 is 0 Å². The Morgan fingerprint density at radius 3 is 2.67 bits per heavy atom. The number of ether oxygens (including phenoxy) is 2. The first-order valence-electron chi connectivity index (χ1n) is 6.75. The molecule has 0 spiro atoms. The van der Waals surface area contributed by atoms with Gasteiger partial charge in [0.05, 0.1) is 0 Å². The quantitative estimate of drug-likeness (QED) is 0.206. The standard InChI is InChI=1S/C13H23IN3O4/c1-5-20-11(18)6-10-14-7-9(16-17-10)8-15-12(19)21-13(2,3)4/h7,10,16-17H,5-6,8H2,1-4H3,(H,15,19)/q-1. The Kier molecular flexibility index (Phi) is 7.23. The molecule has 1 aliphatic heterocycles. The van der Waals surface area contributed by atoms with E-state index in [4.69, 9.17) is 9.47 Å². The van der Waals surface area contributed by atoms with Crippen molar-refractivity contribution in [3.8, 4) is 0 Å². The van der Waals surface area contributed by atoms with Gasteiger partial charge in [-0.15, -0.1) is 0 Å². The van der Waals surface area contributed by atoms with Crippen LogP contribution < -0.4 is 37.4 Å². The minimum atomic E-state index is -0.506. The molecule has 0 fully saturated rings. The van der Waals surface area contributed by atoms with E-state index in [1.807, 2.05) is 20.8 Å². The Morgan fingerprint density at radius 1 is 1.43 bits per heavy atom. The summed E-state index contributed by atoms with van der Waals surface area (Å²) in [6.45, 7) is 8.01. The van der Waals surface area contributed by atoms with Gasteiger partial charge in [0.1, 0.15) is 0 Å². The van der Waals surface area contributed by atoms with Crippen LogP contribution in [0.5, 0.6) is 0 Å². The number of alkyl halides is 1. The van der Waals surface area contributed by atoms with E-state index in [0.29, 0.717) is 19.6 Å². The van der Waals surface area contributed by atoms with E-state index in [1.165, 1.54) is 0 Å². The Labute approximate surface area is 135 Å². The fourth-order valence-corrected chi connectivity index (χ4v) is 3.60. The van der Waals surface area contributed by atoms with Gasteiger partial charge >= 0.3 is 135 Å². The molecule has 8 heteroatoms. The number of amides is 1. The number of hydrazine groups is 1. The van der Waals surface area contributed by atoms with Crippen molar-refractivity contribution in [1.82, 2.24) is 16.2 Å². The fourth-order valence-electron chi connectivity index (χ4n) is 1.41. The maximum absolute atomic E-state index is 11.5. The van der Waals surface area contributed by atoms with Crippen molar-refractivity contribution in [2.24, 2.45) is 0 Å². The molecule has 0 aliphatic carbocycles. The molecule has 1 rings (SSSR count). The number of carbonyl (C=O) groups is 2. The van der Waals surface area contributed by atoms with Crippen molar-refractivity contribution in [3.63, 3.8) is 0 Å². The zero-order valence-corrected chi connectivity index (χ0v) is 14.9. The zero-order valence-electron chi connectivity index (χ0n) is 12.8. The molecule has 0 saturated heterocycles. The predicted octanol–water partition coefficient (Wildman–Crippen LogP) is -2.17. The van der Waals surface area contributed by atoms with Crippen LogP contribution in [0.3, 0.4) is 0 Å². The summed E-state index contributed by atoms with van der Waals surface area (Å²) in [7, 11) is 0. The number of esters is 1. The monoisotopic (exact) mass is 412 g/mol. The Hall–Kier alpha value is -1.03. The summed E-state index contributed by atoms with van der Waals surface area (Å²) in [5.74, 6) is -0.194. The van der Waals surface area contributed by atoms with Crippen molar-refractivity contribution < 1.29 is 40.3 Å². The summed E-state index contributed by atoms with van der Waals surface area (Å²) in [4.78, 5) is 22.9. The molecule has 122 valence electrons. The Balaban J connectivity index is 2.29. The molecule has 3 N–H and O–H groups in total. The van der Waals surface area contributed by atoms with Gasteiger partial charge < -0.3 is 0 Å². The van der Waals surface area contributed by atoms with E-state index in [9.17, 15) is 9.59 Å². The molecule has 0 bridgehead atoms. The molecule has 0 aromatic carbocycles. The molecule has 0 aromatic heterocycles. The summed E-state index contributed by atoms with van der Waals surface area (Å²) >= 11 is -0.325. The third-order valence-electron chi connectivity index (χ3n) is 2.21. The van der Waals surface area contributed by atoms with Crippen molar-refractivity contribution in [3.05, 3.63) is 9.78 Å². The first-order valence-corrected chi connectivity index (χ1v) is 9.24. The topological polar surface area (TPSA) is 88.7 Å². The molecular weight excluding hydrogens is 389 g/mol. The molecule has 1 amide bonds. The summed E-state index contributed by atoms with van der Waals surface area (Å²) in [6.07, 6.45) is -0.0887. The van der Waals surface area contributed by atoms with Gasteiger partial charge in [0.25, 0.3) is 0 Å². The van der Waals surface area contributed by atoms with Crippen LogP contribution in [0.15, 0.2) is 9.78 Å². The van der Waals surface area contributed by atoms with Crippen molar-refractivity contribution in [2.45, 2.75) is 43.8 Å². The molecule has 1 unspecified atom stereocenters. The number of alkyl carbamates (subject to hydrolysis) is 1. The summed E-state index contributed by atoms with van der Waals surface area (Å²) in [5.41, 5.74) is 6.44. The van der Waals surface area contributed by atoms with Gasteiger partial charge in [-0.05, 0) is 0 Å². The van der Waals surface area contributed by atoms with E-state index >= 15 is 0 Å². The van der Waals surface area contributed by atoms with Gasteiger partial charge in [-0.25, -0.2) is 0 Å². The fraction of sp³-hybridized carbons (Fsp3) is 0.692. The van der Waals surface area contributed by atoms with Crippen molar-refractivity contribution in [2.75, 3.05) is 13.2 Å². The van der Waals surface area contributed by atoms with Gasteiger partial charge in [-0.2, -0.15) is 0 Å². The van der Waals surface area contributed by atoms with E-state index in [0.717, 1.165) is 5.70 Å². The molecular formula is C13H23IN3O4-. The number of rotatable bonds is 5. The van der Waals surface area contributed by atoms with Gasteiger partial charge in [0.15, 0.2) is 0 Å². The molecule has 1 atom stereocenters. The maximum atomic E-state index is 11.5. The minimum absolute atomic E-state index is 0.105. The van der Waals surface area contributed by atoms with Gasteiger partial charge in [-0.3, -0.25) is 0 Å². The number of carbonyl (C=O) groups excluding carboxylic acids is 2. The van der Waals surface area contributed by atoms with E-state index in [2.05, 4.69) is 20.3 Å². The molecule has 0 saturated carbocycles. The van der Waals surface area contributed by atoms with Crippen LogP contribution in [0.2, 0.25) is 0 Å². The second kappa shape index (κ2) is 8.42. The van der Waals surface area contributed by atoms with Gasteiger partial charge in [-0.1, -0.05) is 0 Å². The Morgan fingerprint density at radius 2 is 2.14 bits per heavy atom. The van der Waals surface area contributed by atoms with Crippen molar-refractivity contribution >= 4 is 12.1 Å². The second-order valence-electron chi connectivity index (χ2n) is 5.36. The molecule has 21 heavy (non-hydrogen) atoms. The number of nitrogens with one attached hydrogen (secondary N) is 3. The van der Waals surface area contributed by atoms with Gasteiger partial charge in [0.2, 0.25) is 0 Å². The molecule has 1 heterocycles. The third-order valence-corrected chi connectivity index (χ3v) is 4.94. The molecule has 1 aliphatic rings. The number of halogens is 1. The SMILES string of the molecule is CCOC(=O)CC1NNC(CNC(=O)OC(C)(C)C)=C[I-]1. The first-order chi connectivity index (χ1) is 9.80. The van der Waals surface area contributed by atoms with Crippen molar-refractivity contribution in [1.29, 1.82) is 0 Å².